The third-order valence-corrected chi connectivity index (χ3v) is 4.37. The van der Waals surface area contributed by atoms with Crippen LogP contribution in [0.3, 0.4) is 0 Å². The van der Waals surface area contributed by atoms with Crippen LogP contribution in [0.2, 0.25) is 0 Å². The summed E-state index contributed by atoms with van der Waals surface area (Å²) in [7, 11) is 2.84. The maximum Gasteiger partial charge on any atom is 0.326 e. The zero-order chi connectivity index (χ0) is 16.2. The minimum absolute atomic E-state index is 0.0628. The lowest BCUT2D eigenvalue weighted by molar-refractivity contribution is -0.197. The molecule has 1 fully saturated rings. The number of carbonyl (C=O) groups excluding carboxylic acids is 2. The largest absolute Gasteiger partial charge is 0.480 e. The Bertz CT molecular complexity index is 423. The third kappa shape index (κ3) is 4.42. The number of nitrogens with zero attached hydrogens (tertiary/aromatic N) is 1. The van der Waals surface area contributed by atoms with E-state index in [4.69, 9.17) is 9.47 Å². The van der Waals surface area contributed by atoms with Crippen LogP contribution in [-0.4, -0.2) is 64.8 Å². The molecule has 0 radical (unpaired) electrons. The van der Waals surface area contributed by atoms with Crippen LogP contribution in [0, 0.1) is 0 Å². The second kappa shape index (κ2) is 7.24. The summed E-state index contributed by atoms with van der Waals surface area (Å²) in [6.45, 7) is 3.26. The minimum atomic E-state index is -1.09. The highest BCUT2D eigenvalue weighted by atomic mass is 32.2. The summed E-state index contributed by atoms with van der Waals surface area (Å²) in [5.74, 6) is -2.50. The number of carboxylic acid groups (broad SMARTS) is 1. The van der Waals surface area contributed by atoms with E-state index in [1.54, 1.807) is 6.92 Å². The molecule has 0 aromatic carbocycles. The van der Waals surface area contributed by atoms with E-state index in [0.29, 0.717) is 0 Å². The van der Waals surface area contributed by atoms with E-state index >= 15 is 0 Å². The van der Waals surface area contributed by atoms with Crippen molar-refractivity contribution in [1.82, 2.24) is 4.90 Å². The molecule has 1 aliphatic heterocycles. The van der Waals surface area contributed by atoms with Crippen molar-refractivity contribution in [3.8, 4) is 0 Å². The molecular weight excluding hydrogens is 298 g/mol. The van der Waals surface area contributed by atoms with Crippen molar-refractivity contribution < 1.29 is 29.0 Å². The number of carbonyl (C=O) groups is 3. The van der Waals surface area contributed by atoms with Gasteiger partial charge in [0.25, 0.3) is 0 Å². The lowest BCUT2D eigenvalue weighted by Gasteiger charge is -2.26. The number of thioether (sulfide) groups is 1. The van der Waals surface area contributed by atoms with Gasteiger partial charge in [0.1, 0.15) is 6.04 Å². The Morgan fingerprint density at radius 3 is 2.38 bits per heavy atom. The number of aliphatic carboxylic acids is 1. The van der Waals surface area contributed by atoms with Gasteiger partial charge in [-0.15, -0.1) is 0 Å². The summed E-state index contributed by atoms with van der Waals surface area (Å²) >= 11 is 1.07. The molecule has 0 bridgehead atoms. The first kappa shape index (κ1) is 17.9. The van der Waals surface area contributed by atoms with Gasteiger partial charge in [-0.2, -0.15) is 0 Å². The van der Waals surface area contributed by atoms with Gasteiger partial charge in [0.2, 0.25) is 5.91 Å². The average molecular weight is 319 g/mol. The van der Waals surface area contributed by atoms with E-state index in [1.807, 2.05) is 0 Å². The molecule has 120 valence electrons. The van der Waals surface area contributed by atoms with Crippen molar-refractivity contribution in [1.29, 1.82) is 0 Å². The third-order valence-electron chi connectivity index (χ3n) is 3.47. The van der Waals surface area contributed by atoms with E-state index in [9.17, 15) is 19.5 Å². The Morgan fingerprint density at radius 2 is 1.95 bits per heavy atom. The van der Waals surface area contributed by atoms with E-state index in [0.717, 1.165) is 11.8 Å². The van der Waals surface area contributed by atoms with Gasteiger partial charge >= 0.3 is 5.97 Å². The van der Waals surface area contributed by atoms with Gasteiger partial charge in [0.15, 0.2) is 10.9 Å². The van der Waals surface area contributed by atoms with Gasteiger partial charge < -0.3 is 19.5 Å². The molecule has 0 unspecified atom stereocenters. The van der Waals surface area contributed by atoms with Gasteiger partial charge in [0, 0.05) is 39.2 Å². The highest BCUT2D eigenvalue weighted by Gasteiger charge is 2.49. The molecule has 8 heteroatoms. The number of methoxy groups -OCH3 is 2. The lowest BCUT2D eigenvalue weighted by Crippen LogP contribution is -2.42. The van der Waals surface area contributed by atoms with Crippen LogP contribution >= 0.6 is 11.8 Å². The van der Waals surface area contributed by atoms with Crippen LogP contribution in [-0.2, 0) is 23.9 Å². The van der Waals surface area contributed by atoms with Crippen molar-refractivity contribution in [2.75, 3.05) is 20.8 Å². The fourth-order valence-corrected chi connectivity index (χ4v) is 3.18. The first-order valence-electron chi connectivity index (χ1n) is 6.54. The van der Waals surface area contributed by atoms with Crippen LogP contribution < -0.4 is 0 Å². The topological polar surface area (TPSA) is 93.1 Å². The van der Waals surface area contributed by atoms with E-state index in [2.05, 4.69) is 0 Å². The van der Waals surface area contributed by atoms with Gasteiger partial charge in [-0.3, -0.25) is 9.59 Å². The molecule has 1 aliphatic rings. The number of rotatable bonds is 6. The van der Waals surface area contributed by atoms with Crippen molar-refractivity contribution in [2.24, 2.45) is 0 Å². The fourth-order valence-electron chi connectivity index (χ4n) is 2.39. The second-order valence-corrected chi connectivity index (χ2v) is 6.64. The maximum absolute atomic E-state index is 12.3. The Kier molecular flexibility index (Phi) is 6.18. The first-order chi connectivity index (χ1) is 9.74. The van der Waals surface area contributed by atoms with Crippen molar-refractivity contribution in [3.05, 3.63) is 0 Å². The zero-order valence-electron chi connectivity index (χ0n) is 12.6. The second-order valence-electron chi connectivity index (χ2n) is 5.02. The standard InChI is InChI=1S/C13H21NO6S/c1-8(21-9(2)15)5-11(16)14-7-13(19-3,20-4)6-10(14)12(17)18/h8,10H,5-7H2,1-4H3,(H,17,18)/t8-,10-/m0/s1. The molecule has 0 aliphatic carbocycles. The first-order valence-corrected chi connectivity index (χ1v) is 7.42. The SMILES string of the molecule is COC1(OC)C[C@@H](C(=O)O)N(C(=O)C[C@H](C)SC(C)=O)C1. The minimum Gasteiger partial charge on any atom is -0.480 e. The van der Waals surface area contributed by atoms with Crippen molar-refractivity contribution in [2.45, 2.75) is 43.8 Å². The van der Waals surface area contributed by atoms with Gasteiger partial charge in [-0.25, -0.2) is 4.79 Å². The molecule has 0 saturated carbocycles. The predicted molar refractivity (Wildman–Crippen MR) is 76.9 cm³/mol. The van der Waals surface area contributed by atoms with Gasteiger partial charge in [0.05, 0.1) is 6.54 Å². The lowest BCUT2D eigenvalue weighted by atomic mass is 10.1. The molecule has 0 spiro atoms. The highest BCUT2D eigenvalue weighted by Crippen LogP contribution is 2.32. The van der Waals surface area contributed by atoms with Crippen LogP contribution in [0.4, 0.5) is 0 Å². The number of hydrogen-bond acceptors (Lipinski definition) is 6. The number of likely N-dealkylation sites (tertiary alicyclic amines) is 1. The maximum atomic E-state index is 12.3. The highest BCUT2D eigenvalue weighted by molar-refractivity contribution is 8.14. The Labute approximate surface area is 128 Å². The summed E-state index contributed by atoms with van der Waals surface area (Å²) in [6.07, 6.45) is 0.173. The van der Waals surface area contributed by atoms with Crippen LogP contribution in [0.15, 0.2) is 0 Å². The van der Waals surface area contributed by atoms with Gasteiger partial charge in [-0.1, -0.05) is 18.7 Å². The molecule has 0 aromatic heterocycles. The van der Waals surface area contributed by atoms with Crippen molar-refractivity contribution in [3.63, 3.8) is 0 Å². The van der Waals surface area contributed by atoms with E-state index in [1.165, 1.54) is 26.0 Å². The summed E-state index contributed by atoms with van der Waals surface area (Å²) in [6, 6.07) is -0.980. The quantitative estimate of drug-likeness (QED) is 0.721. The van der Waals surface area contributed by atoms with E-state index in [-0.39, 0.29) is 35.7 Å². The smallest absolute Gasteiger partial charge is 0.326 e. The zero-order valence-corrected chi connectivity index (χ0v) is 13.4. The molecule has 2 atom stereocenters. The summed E-state index contributed by atoms with van der Waals surface area (Å²) in [5.41, 5.74) is 0. The normalized spacial score (nSPS) is 22.1. The summed E-state index contributed by atoms with van der Waals surface area (Å²) in [4.78, 5) is 35.9. The molecular formula is C13H21NO6S. The average Bonchev–Trinajstić information content (AvgIpc) is 2.78. The predicted octanol–water partition coefficient (Wildman–Crippen LogP) is 0.719. The Hall–Kier alpha value is -1.12. The number of amides is 1. The fraction of sp³-hybridized carbons (Fsp3) is 0.769. The van der Waals surface area contributed by atoms with Crippen molar-refractivity contribution >= 4 is 28.8 Å². The molecule has 1 N–H and O–H groups in total. The number of ether oxygens (including phenoxy) is 2. The van der Waals surface area contributed by atoms with Crippen LogP contribution in [0.5, 0.6) is 0 Å². The van der Waals surface area contributed by atoms with Crippen LogP contribution in [0.1, 0.15) is 26.7 Å². The molecule has 7 nitrogen and oxygen atoms in total. The molecule has 1 heterocycles. The van der Waals surface area contributed by atoms with Crippen LogP contribution in [0.25, 0.3) is 0 Å². The monoisotopic (exact) mass is 319 g/mol. The van der Waals surface area contributed by atoms with Gasteiger partial charge in [-0.05, 0) is 0 Å². The Balaban J connectivity index is 2.80. The molecule has 0 aromatic rings. The number of hydrogen-bond donors (Lipinski definition) is 1. The Morgan fingerprint density at radius 1 is 1.38 bits per heavy atom. The molecule has 1 rings (SSSR count). The number of carboxylic acids is 1. The molecule has 21 heavy (non-hydrogen) atoms. The molecule has 1 amide bonds. The molecule has 1 saturated heterocycles. The summed E-state index contributed by atoms with van der Waals surface area (Å²) in [5, 5.41) is 8.99. The van der Waals surface area contributed by atoms with E-state index < -0.39 is 17.8 Å². The summed E-state index contributed by atoms with van der Waals surface area (Å²) < 4.78 is 10.5.